The summed E-state index contributed by atoms with van der Waals surface area (Å²) >= 11 is 0. The molecule has 1 aromatic carbocycles. The van der Waals surface area contributed by atoms with E-state index in [-0.39, 0.29) is 13.2 Å². The summed E-state index contributed by atoms with van der Waals surface area (Å²) in [5.41, 5.74) is 27.3. The molecule has 0 radical (unpaired) electrons. The number of hydrogen-bond donors (Lipinski definition) is 1. The smallest absolute Gasteiger partial charge is 0.217 e. The van der Waals surface area contributed by atoms with Gasteiger partial charge in [0.2, 0.25) is 5.91 Å². The fraction of sp³-hybridized carbons (Fsp3) is 0.533. The van der Waals surface area contributed by atoms with E-state index in [2.05, 4.69) is 35.4 Å². The van der Waals surface area contributed by atoms with Crippen LogP contribution >= 0.6 is 0 Å². The van der Waals surface area contributed by atoms with Crippen molar-refractivity contribution in [1.29, 1.82) is 0 Å². The maximum atomic E-state index is 11.7. The molecule has 0 aromatic heterocycles. The molecule has 0 spiro atoms. The predicted molar refractivity (Wildman–Crippen MR) is 97.4 cm³/mol. The van der Waals surface area contributed by atoms with Crippen LogP contribution in [0.5, 0.6) is 0 Å². The van der Waals surface area contributed by atoms with Crippen LogP contribution < -0.4 is 5.32 Å². The van der Waals surface area contributed by atoms with Crippen LogP contribution in [0, 0.1) is 0 Å². The van der Waals surface area contributed by atoms with E-state index < -0.39 is 36.4 Å². The van der Waals surface area contributed by atoms with E-state index in [9.17, 15) is 4.79 Å². The van der Waals surface area contributed by atoms with Crippen molar-refractivity contribution in [3.05, 3.63) is 67.2 Å². The summed E-state index contributed by atoms with van der Waals surface area (Å²) in [4.78, 5) is 19.9. The first-order valence-electron chi connectivity index (χ1n) is 8.28. The number of nitrogens with one attached hydrogen (secondary N) is 1. The fourth-order valence-electron chi connectivity index (χ4n) is 2.88. The Bertz CT molecular complexity index is 815. The van der Waals surface area contributed by atoms with Crippen molar-refractivity contribution >= 4 is 5.91 Å². The van der Waals surface area contributed by atoms with Gasteiger partial charge in [-0.2, -0.15) is 0 Å². The Hall–Kier alpha value is -3.46. The molecule has 1 heterocycles. The Labute approximate surface area is 159 Å². The zero-order valence-electron chi connectivity index (χ0n) is 14.9. The molecule has 2 rings (SSSR count). The van der Waals surface area contributed by atoms with E-state index in [4.69, 9.17) is 26.1 Å². The highest BCUT2D eigenvalue weighted by molar-refractivity contribution is 5.73. The standard InChI is InChI=1S/C15H18N10O3/c1-9(26)20-14-13(22-25-18)12(21-24-17)11(7-19-23-16)28-15(14)27-8-10-5-3-2-4-6-10/h2-6,11-15H,7-8H2,1H3,(H,20,26)/t11-,12+,13+,14-,15-/m0/s1. The molecular formula is C15H18N10O3. The molecule has 0 saturated carbocycles. The number of ether oxygens (including phenoxy) is 2. The number of rotatable bonds is 8. The summed E-state index contributed by atoms with van der Waals surface area (Å²) in [5, 5.41) is 13.4. The molecule has 13 heteroatoms. The van der Waals surface area contributed by atoms with Crippen LogP contribution in [0.1, 0.15) is 12.5 Å². The Morgan fingerprint density at radius 1 is 1.14 bits per heavy atom. The first kappa shape index (κ1) is 20.8. The monoisotopic (exact) mass is 386 g/mol. The highest BCUT2D eigenvalue weighted by atomic mass is 16.7. The minimum atomic E-state index is -1.02. The van der Waals surface area contributed by atoms with Crippen LogP contribution in [0.3, 0.4) is 0 Å². The summed E-state index contributed by atoms with van der Waals surface area (Å²) in [6.07, 6.45) is -1.92. The molecule has 13 nitrogen and oxygen atoms in total. The minimum Gasteiger partial charge on any atom is -0.348 e. The van der Waals surface area contributed by atoms with Crippen molar-refractivity contribution in [3.63, 3.8) is 0 Å². The Balaban J connectivity index is 2.34. The average molecular weight is 386 g/mol. The van der Waals surface area contributed by atoms with Gasteiger partial charge in [-0.15, -0.1) is 0 Å². The van der Waals surface area contributed by atoms with Gasteiger partial charge in [0.15, 0.2) is 6.29 Å². The van der Waals surface area contributed by atoms with Gasteiger partial charge in [0.25, 0.3) is 0 Å². The third-order valence-electron chi connectivity index (χ3n) is 4.02. The largest absolute Gasteiger partial charge is 0.348 e. The summed E-state index contributed by atoms with van der Waals surface area (Å²) in [7, 11) is 0. The van der Waals surface area contributed by atoms with Gasteiger partial charge in [-0.25, -0.2) is 0 Å². The third kappa shape index (κ3) is 5.52. The maximum Gasteiger partial charge on any atom is 0.217 e. The first-order valence-corrected chi connectivity index (χ1v) is 8.28. The second-order valence-corrected chi connectivity index (χ2v) is 5.87. The summed E-state index contributed by atoms with van der Waals surface area (Å²) in [5.74, 6) is -0.409. The van der Waals surface area contributed by atoms with Crippen LogP contribution in [0.25, 0.3) is 31.3 Å². The topological polar surface area (TPSA) is 194 Å². The van der Waals surface area contributed by atoms with Gasteiger partial charge in [0, 0.05) is 21.7 Å². The highest BCUT2D eigenvalue weighted by Crippen LogP contribution is 2.28. The molecule has 0 bridgehead atoms. The SMILES string of the molecule is CC(=O)N[C@@H]1[C@@H](OCc2ccccc2)O[C@@H](CN=[N+]=[N-])[C@@H](N=[N+]=[N-])[C@H]1N=[N+]=[N-]. The van der Waals surface area contributed by atoms with Crippen LogP contribution in [0.15, 0.2) is 45.7 Å². The molecule has 1 aromatic rings. The molecule has 1 saturated heterocycles. The Morgan fingerprint density at radius 2 is 1.82 bits per heavy atom. The van der Waals surface area contributed by atoms with Gasteiger partial charge in [-0.3, -0.25) is 4.79 Å². The molecule has 1 amide bonds. The molecular weight excluding hydrogens is 368 g/mol. The van der Waals surface area contributed by atoms with Crippen molar-refractivity contribution in [2.24, 2.45) is 15.3 Å². The maximum absolute atomic E-state index is 11.7. The summed E-state index contributed by atoms with van der Waals surface area (Å²) < 4.78 is 11.6. The number of nitrogens with zero attached hydrogens (tertiary/aromatic N) is 9. The van der Waals surface area contributed by atoms with Crippen molar-refractivity contribution in [2.75, 3.05) is 6.54 Å². The van der Waals surface area contributed by atoms with Gasteiger partial charge in [0.1, 0.15) is 0 Å². The quantitative estimate of drug-likeness (QED) is 0.408. The summed E-state index contributed by atoms with van der Waals surface area (Å²) in [6.45, 7) is 1.27. The van der Waals surface area contributed by atoms with Gasteiger partial charge in [-0.1, -0.05) is 45.7 Å². The second kappa shape index (κ2) is 10.6. The van der Waals surface area contributed by atoms with E-state index in [1.54, 1.807) is 0 Å². The van der Waals surface area contributed by atoms with Crippen LogP contribution in [0.4, 0.5) is 0 Å². The predicted octanol–water partition coefficient (Wildman–Crippen LogP) is 3.10. The highest BCUT2D eigenvalue weighted by Gasteiger charge is 2.46. The van der Waals surface area contributed by atoms with Crippen LogP contribution in [0.2, 0.25) is 0 Å². The van der Waals surface area contributed by atoms with E-state index in [0.29, 0.717) is 0 Å². The number of carbonyl (C=O) groups excluding carboxylic acids is 1. The number of amides is 1. The van der Waals surface area contributed by atoms with E-state index >= 15 is 0 Å². The van der Waals surface area contributed by atoms with Gasteiger partial charge >= 0.3 is 0 Å². The lowest BCUT2D eigenvalue weighted by Gasteiger charge is -2.43. The molecule has 1 aliphatic heterocycles. The molecule has 1 aliphatic rings. The van der Waals surface area contributed by atoms with E-state index in [0.717, 1.165) is 5.56 Å². The average Bonchev–Trinajstić information content (AvgIpc) is 2.69. The molecule has 5 atom stereocenters. The fourth-order valence-corrected chi connectivity index (χ4v) is 2.88. The van der Waals surface area contributed by atoms with Crippen molar-refractivity contribution < 1.29 is 14.3 Å². The number of benzene rings is 1. The second-order valence-electron chi connectivity index (χ2n) is 5.87. The normalized spacial score (nSPS) is 26.1. The molecule has 1 N–H and O–H groups in total. The molecule has 0 unspecified atom stereocenters. The third-order valence-corrected chi connectivity index (χ3v) is 4.02. The Kier molecular flexibility index (Phi) is 7.92. The Morgan fingerprint density at radius 3 is 2.43 bits per heavy atom. The van der Waals surface area contributed by atoms with Gasteiger partial charge in [-0.05, 0) is 22.2 Å². The molecule has 1 fully saturated rings. The zero-order chi connectivity index (χ0) is 20.4. The van der Waals surface area contributed by atoms with Gasteiger partial charge in [0.05, 0.1) is 37.4 Å². The van der Waals surface area contributed by atoms with E-state index in [1.807, 2.05) is 30.3 Å². The number of azide groups is 3. The number of carbonyl (C=O) groups is 1. The zero-order valence-corrected chi connectivity index (χ0v) is 14.9. The minimum absolute atomic E-state index is 0.158. The van der Waals surface area contributed by atoms with Gasteiger partial charge < -0.3 is 14.8 Å². The molecule has 28 heavy (non-hydrogen) atoms. The van der Waals surface area contributed by atoms with Crippen molar-refractivity contribution in [3.8, 4) is 0 Å². The first-order chi connectivity index (χ1) is 13.6. The number of hydrogen-bond acceptors (Lipinski definition) is 6. The molecule has 0 aliphatic carbocycles. The lowest BCUT2D eigenvalue weighted by molar-refractivity contribution is -0.219. The summed E-state index contributed by atoms with van der Waals surface area (Å²) in [6, 6.07) is 6.34. The van der Waals surface area contributed by atoms with E-state index in [1.165, 1.54) is 6.92 Å². The van der Waals surface area contributed by atoms with Crippen molar-refractivity contribution in [2.45, 2.75) is 44.1 Å². The lowest BCUT2D eigenvalue weighted by Crippen LogP contribution is -2.63. The van der Waals surface area contributed by atoms with Crippen LogP contribution in [-0.2, 0) is 20.9 Å². The van der Waals surface area contributed by atoms with Crippen LogP contribution in [-0.4, -0.2) is 43.0 Å². The lowest BCUT2D eigenvalue weighted by atomic mass is 9.92. The van der Waals surface area contributed by atoms with Crippen molar-refractivity contribution in [1.82, 2.24) is 5.32 Å². The molecule has 146 valence electrons.